The maximum Gasteiger partial charge on any atom is 0.152 e. The maximum atomic E-state index is 11.6. The summed E-state index contributed by atoms with van der Waals surface area (Å²) in [6.07, 6.45) is 1.84. The first-order valence-corrected chi connectivity index (χ1v) is 8.50. The molecule has 0 radical (unpaired) electrons. The van der Waals surface area contributed by atoms with Crippen LogP contribution < -0.4 is 10.5 Å². The molecule has 1 fully saturated rings. The minimum Gasteiger partial charge on any atom is -0.493 e. The van der Waals surface area contributed by atoms with Crippen LogP contribution in [-0.2, 0) is 22.7 Å². The van der Waals surface area contributed by atoms with Crippen molar-refractivity contribution in [1.29, 1.82) is 0 Å². The third-order valence-electron chi connectivity index (χ3n) is 3.79. The number of ether oxygens (including phenoxy) is 1. The Labute approximate surface area is 117 Å². The number of rotatable bonds is 2. The molecular weight excluding hydrogens is 286 g/mol. The van der Waals surface area contributed by atoms with Crippen molar-refractivity contribution in [3.63, 3.8) is 0 Å². The van der Waals surface area contributed by atoms with Crippen molar-refractivity contribution in [2.24, 2.45) is 5.73 Å². The zero-order chi connectivity index (χ0) is 13.7. The molecule has 19 heavy (non-hydrogen) atoms. The van der Waals surface area contributed by atoms with Gasteiger partial charge in [-0.25, -0.2) is 8.42 Å². The van der Waals surface area contributed by atoms with E-state index < -0.39 is 15.4 Å². The first-order chi connectivity index (χ1) is 8.87. The Kier molecular flexibility index (Phi) is 3.04. The summed E-state index contributed by atoms with van der Waals surface area (Å²) in [7, 11) is -3.00. The van der Waals surface area contributed by atoms with Crippen molar-refractivity contribution in [1.82, 2.24) is 0 Å². The molecule has 3 rings (SSSR count). The van der Waals surface area contributed by atoms with Crippen molar-refractivity contribution in [2.45, 2.75) is 24.8 Å². The van der Waals surface area contributed by atoms with Crippen LogP contribution in [0.2, 0.25) is 5.02 Å². The second-order valence-corrected chi connectivity index (χ2v) is 8.15. The Balaban J connectivity index is 1.92. The Morgan fingerprint density at radius 3 is 2.89 bits per heavy atom. The number of hydrogen-bond donors (Lipinski definition) is 1. The van der Waals surface area contributed by atoms with Gasteiger partial charge in [-0.1, -0.05) is 11.6 Å². The van der Waals surface area contributed by atoms with Crippen LogP contribution in [0.5, 0.6) is 5.75 Å². The molecule has 1 saturated heterocycles. The summed E-state index contributed by atoms with van der Waals surface area (Å²) in [6.45, 7) is 0.651. The fourth-order valence-corrected chi connectivity index (χ4v) is 5.18. The summed E-state index contributed by atoms with van der Waals surface area (Å²) in [5.41, 5.74) is 7.56. The summed E-state index contributed by atoms with van der Waals surface area (Å²) >= 11 is 6.10. The molecule has 0 saturated carbocycles. The van der Waals surface area contributed by atoms with Crippen molar-refractivity contribution >= 4 is 21.4 Å². The number of halogens is 1. The molecule has 0 spiro atoms. The van der Waals surface area contributed by atoms with Crippen LogP contribution in [0.15, 0.2) is 12.1 Å². The van der Waals surface area contributed by atoms with Gasteiger partial charge in [-0.15, -0.1) is 0 Å². The average molecular weight is 302 g/mol. The summed E-state index contributed by atoms with van der Waals surface area (Å²) in [5, 5.41) is 0.656. The van der Waals surface area contributed by atoms with E-state index in [9.17, 15) is 8.42 Å². The zero-order valence-electron chi connectivity index (χ0n) is 10.5. The molecule has 1 aromatic rings. The molecule has 104 valence electrons. The van der Waals surface area contributed by atoms with Crippen LogP contribution in [0.1, 0.15) is 17.5 Å². The van der Waals surface area contributed by atoms with E-state index in [0.717, 1.165) is 23.3 Å². The Bertz CT molecular complexity index is 629. The number of nitrogens with two attached hydrogens (primary N) is 1. The highest BCUT2D eigenvalue weighted by molar-refractivity contribution is 7.91. The largest absolute Gasteiger partial charge is 0.493 e. The van der Waals surface area contributed by atoms with Gasteiger partial charge < -0.3 is 10.5 Å². The fraction of sp³-hybridized carbons (Fsp3) is 0.538. The number of sulfone groups is 1. The van der Waals surface area contributed by atoms with E-state index in [-0.39, 0.29) is 11.5 Å². The highest BCUT2D eigenvalue weighted by Gasteiger charge is 2.40. The van der Waals surface area contributed by atoms with Crippen molar-refractivity contribution < 1.29 is 13.2 Å². The van der Waals surface area contributed by atoms with Gasteiger partial charge in [-0.05, 0) is 36.1 Å². The second-order valence-electron chi connectivity index (χ2n) is 5.53. The third-order valence-corrected chi connectivity index (χ3v) is 5.85. The van der Waals surface area contributed by atoms with E-state index >= 15 is 0 Å². The molecule has 6 heteroatoms. The second kappa shape index (κ2) is 4.36. The summed E-state index contributed by atoms with van der Waals surface area (Å²) in [4.78, 5) is 0. The Morgan fingerprint density at radius 1 is 1.42 bits per heavy atom. The molecule has 2 N–H and O–H groups in total. The predicted octanol–water partition coefficient (Wildman–Crippen LogP) is 1.33. The lowest BCUT2D eigenvalue weighted by Crippen LogP contribution is -2.43. The van der Waals surface area contributed by atoms with Gasteiger partial charge in [0.25, 0.3) is 0 Å². The molecule has 1 aromatic carbocycles. The standard InChI is InChI=1S/C13H16ClNO3S/c14-11-5-9-1-3-18-12(9)10(6-11)7-13(15)2-4-19(16,17)8-13/h5-6H,1-4,7-8,15H2. The van der Waals surface area contributed by atoms with Gasteiger partial charge in [0.2, 0.25) is 0 Å². The van der Waals surface area contributed by atoms with Crippen LogP contribution in [-0.4, -0.2) is 32.1 Å². The van der Waals surface area contributed by atoms with E-state index in [0.29, 0.717) is 24.5 Å². The van der Waals surface area contributed by atoms with E-state index in [1.807, 2.05) is 12.1 Å². The van der Waals surface area contributed by atoms with Crippen LogP contribution in [0, 0.1) is 0 Å². The molecule has 0 bridgehead atoms. The summed E-state index contributed by atoms with van der Waals surface area (Å²) in [5.74, 6) is 1.06. The van der Waals surface area contributed by atoms with E-state index in [1.54, 1.807) is 0 Å². The van der Waals surface area contributed by atoms with E-state index in [4.69, 9.17) is 22.1 Å². The predicted molar refractivity (Wildman–Crippen MR) is 74.5 cm³/mol. The molecule has 0 aromatic heterocycles. The molecule has 2 aliphatic heterocycles. The summed E-state index contributed by atoms with van der Waals surface area (Å²) < 4.78 is 28.8. The first-order valence-electron chi connectivity index (χ1n) is 6.30. The monoisotopic (exact) mass is 301 g/mol. The van der Waals surface area contributed by atoms with Crippen molar-refractivity contribution in [2.75, 3.05) is 18.1 Å². The van der Waals surface area contributed by atoms with Crippen LogP contribution >= 0.6 is 11.6 Å². The molecule has 0 amide bonds. The van der Waals surface area contributed by atoms with Crippen molar-refractivity contribution in [3.8, 4) is 5.75 Å². The quantitative estimate of drug-likeness (QED) is 0.895. The molecule has 1 unspecified atom stereocenters. The van der Waals surface area contributed by atoms with Gasteiger partial charge in [0, 0.05) is 17.0 Å². The number of fused-ring (bicyclic) bond motifs is 1. The van der Waals surface area contributed by atoms with Crippen molar-refractivity contribution in [3.05, 3.63) is 28.3 Å². The van der Waals surface area contributed by atoms with Crippen LogP contribution in [0.4, 0.5) is 0 Å². The minimum absolute atomic E-state index is 0.0429. The molecule has 2 heterocycles. The minimum atomic E-state index is -3.00. The lowest BCUT2D eigenvalue weighted by atomic mass is 9.90. The van der Waals surface area contributed by atoms with Gasteiger partial charge in [0.1, 0.15) is 5.75 Å². The lowest BCUT2D eigenvalue weighted by molar-refractivity contribution is 0.349. The maximum absolute atomic E-state index is 11.6. The van der Waals surface area contributed by atoms with Crippen LogP contribution in [0.25, 0.3) is 0 Å². The van der Waals surface area contributed by atoms with Gasteiger partial charge in [-0.2, -0.15) is 0 Å². The van der Waals surface area contributed by atoms with E-state index in [2.05, 4.69) is 0 Å². The highest BCUT2D eigenvalue weighted by Crippen LogP contribution is 2.36. The molecular formula is C13H16ClNO3S. The molecule has 4 nitrogen and oxygen atoms in total. The first kappa shape index (κ1) is 13.2. The average Bonchev–Trinajstić information content (AvgIpc) is 2.83. The zero-order valence-corrected chi connectivity index (χ0v) is 12.1. The lowest BCUT2D eigenvalue weighted by Gasteiger charge is -2.23. The van der Waals surface area contributed by atoms with Gasteiger partial charge in [-0.3, -0.25) is 0 Å². The molecule has 1 atom stereocenters. The van der Waals surface area contributed by atoms with E-state index in [1.165, 1.54) is 0 Å². The van der Waals surface area contributed by atoms with Gasteiger partial charge in [0.05, 0.1) is 18.1 Å². The molecule has 2 aliphatic rings. The summed E-state index contributed by atoms with van der Waals surface area (Å²) in [6, 6.07) is 3.74. The normalized spacial score (nSPS) is 28.1. The Hall–Kier alpha value is -0.780. The highest BCUT2D eigenvalue weighted by atomic mass is 35.5. The van der Waals surface area contributed by atoms with Gasteiger partial charge >= 0.3 is 0 Å². The number of benzene rings is 1. The van der Waals surface area contributed by atoms with Gasteiger partial charge in [0.15, 0.2) is 9.84 Å². The topological polar surface area (TPSA) is 69.4 Å². The Morgan fingerprint density at radius 2 is 2.21 bits per heavy atom. The number of hydrogen-bond acceptors (Lipinski definition) is 4. The molecule has 0 aliphatic carbocycles. The van der Waals surface area contributed by atoms with Crippen LogP contribution in [0.3, 0.4) is 0 Å². The smallest absolute Gasteiger partial charge is 0.152 e. The SMILES string of the molecule is NC1(Cc2cc(Cl)cc3c2OCC3)CCS(=O)(=O)C1. The third kappa shape index (κ3) is 2.59. The fourth-order valence-electron chi connectivity index (χ4n) is 2.94.